The largest absolute Gasteiger partial charge is 0.497 e. The van der Waals surface area contributed by atoms with Crippen molar-refractivity contribution < 1.29 is 18.7 Å². The Morgan fingerprint density at radius 3 is 2.53 bits per heavy atom. The lowest BCUT2D eigenvalue weighted by Crippen LogP contribution is -2.42. The molecular formula is C33H29ClN4O4S. The molecule has 2 amide bonds. The quantitative estimate of drug-likeness (QED) is 0.213. The molecule has 0 fully saturated rings. The van der Waals surface area contributed by atoms with Crippen molar-refractivity contribution >= 4 is 41.0 Å². The van der Waals surface area contributed by atoms with E-state index in [2.05, 4.69) is 24.4 Å². The minimum atomic E-state index is -0.314. The molecule has 0 saturated heterocycles. The molecule has 5 aromatic rings. The second kappa shape index (κ2) is 12.4. The minimum absolute atomic E-state index is 0.182. The van der Waals surface area contributed by atoms with Crippen LogP contribution >= 0.6 is 23.4 Å². The Hall–Kier alpha value is -4.47. The molecule has 0 bridgehead atoms. The highest BCUT2D eigenvalue weighted by Crippen LogP contribution is 2.49. The number of furan rings is 1. The van der Waals surface area contributed by atoms with E-state index in [1.165, 1.54) is 11.8 Å². The normalized spacial score (nSPS) is 14.7. The number of rotatable bonds is 8. The van der Waals surface area contributed by atoms with Gasteiger partial charge >= 0.3 is 0 Å². The number of fused-ring (bicyclic) bond motifs is 1. The third-order valence-electron chi connectivity index (χ3n) is 7.34. The molecular weight excluding hydrogens is 584 g/mol. The monoisotopic (exact) mass is 612 g/mol. The van der Waals surface area contributed by atoms with Crippen LogP contribution in [0, 0.1) is 6.92 Å². The van der Waals surface area contributed by atoms with E-state index in [1.807, 2.05) is 60.7 Å². The van der Waals surface area contributed by atoms with E-state index in [-0.39, 0.29) is 35.9 Å². The fraction of sp³-hybridized carbons (Fsp3) is 0.182. The molecule has 1 atom stereocenters. The van der Waals surface area contributed by atoms with Crippen LogP contribution in [0.15, 0.2) is 95.6 Å². The Balaban J connectivity index is 1.55. The van der Waals surface area contributed by atoms with Crippen molar-refractivity contribution in [1.82, 2.24) is 15.1 Å². The average Bonchev–Trinajstić information content (AvgIpc) is 3.66. The summed E-state index contributed by atoms with van der Waals surface area (Å²) in [7, 11) is 1.61. The third kappa shape index (κ3) is 5.91. The van der Waals surface area contributed by atoms with Crippen LogP contribution in [0.25, 0.3) is 16.9 Å². The van der Waals surface area contributed by atoms with E-state index in [9.17, 15) is 9.59 Å². The summed E-state index contributed by atoms with van der Waals surface area (Å²) in [6.07, 6.45) is 1.56. The van der Waals surface area contributed by atoms with Gasteiger partial charge in [-0.15, -0.1) is 11.8 Å². The van der Waals surface area contributed by atoms with Crippen molar-refractivity contribution in [2.75, 3.05) is 24.3 Å². The second-order valence-electron chi connectivity index (χ2n) is 10.1. The number of nitrogens with one attached hydrogen (secondary N) is 1. The molecule has 3 aromatic carbocycles. The zero-order valence-electron chi connectivity index (χ0n) is 23.6. The van der Waals surface area contributed by atoms with E-state index < -0.39 is 0 Å². The summed E-state index contributed by atoms with van der Waals surface area (Å²) in [5, 5.41) is 8.39. The van der Waals surface area contributed by atoms with E-state index in [0.717, 1.165) is 27.9 Å². The maximum Gasteiger partial charge on any atom is 0.240 e. The molecule has 1 aliphatic rings. The number of ether oxygens (including phenoxy) is 1. The van der Waals surface area contributed by atoms with Gasteiger partial charge in [-0.2, -0.15) is 5.10 Å². The Bertz CT molecular complexity index is 1750. The van der Waals surface area contributed by atoms with Crippen molar-refractivity contribution in [2.24, 2.45) is 0 Å². The Morgan fingerprint density at radius 1 is 1.07 bits per heavy atom. The highest BCUT2D eigenvalue weighted by molar-refractivity contribution is 8.00. The number of thioether (sulfide) groups is 1. The van der Waals surface area contributed by atoms with Crippen molar-refractivity contribution in [3.8, 4) is 22.7 Å². The molecule has 0 aliphatic carbocycles. The summed E-state index contributed by atoms with van der Waals surface area (Å²) in [5.74, 6) is 1.55. The van der Waals surface area contributed by atoms with Gasteiger partial charge in [0, 0.05) is 16.1 Å². The number of anilines is 1. The summed E-state index contributed by atoms with van der Waals surface area (Å²) < 4.78 is 12.5. The van der Waals surface area contributed by atoms with Gasteiger partial charge in [0.15, 0.2) is 0 Å². The molecule has 3 heterocycles. The maximum atomic E-state index is 13.9. The Labute approximate surface area is 258 Å². The van der Waals surface area contributed by atoms with E-state index in [0.29, 0.717) is 28.0 Å². The predicted molar refractivity (Wildman–Crippen MR) is 169 cm³/mol. The van der Waals surface area contributed by atoms with Crippen LogP contribution in [0.1, 0.15) is 27.7 Å². The van der Waals surface area contributed by atoms with Crippen LogP contribution in [0.2, 0.25) is 5.02 Å². The Kier molecular flexibility index (Phi) is 8.26. The minimum Gasteiger partial charge on any atom is -0.497 e. The first-order valence-electron chi connectivity index (χ1n) is 13.7. The maximum absolute atomic E-state index is 13.9. The number of halogens is 1. The van der Waals surface area contributed by atoms with Gasteiger partial charge in [0.1, 0.15) is 23.9 Å². The number of aryl methyl sites for hydroxylation is 1. The zero-order valence-corrected chi connectivity index (χ0v) is 25.2. The van der Waals surface area contributed by atoms with Crippen LogP contribution in [0.5, 0.6) is 5.75 Å². The van der Waals surface area contributed by atoms with Gasteiger partial charge in [-0.25, -0.2) is 4.68 Å². The van der Waals surface area contributed by atoms with Crippen LogP contribution in [-0.2, 0) is 16.1 Å². The SMILES string of the molecule is COc1ccc(-n2nc(-c3ccc(Cl)cc3)c3c2N(CC(=O)NCc2ccco2)C(=O)CSC3c2ccccc2C)cc1. The van der Waals surface area contributed by atoms with Gasteiger partial charge in [-0.1, -0.05) is 48.0 Å². The van der Waals surface area contributed by atoms with Gasteiger partial charge in [-0.3, -0.25) is 14.5 Å². The van der Waals surface area contributed by atoms with Gasteiger partial charge in [0.25, 0.3) is 0 Å². The summed E-state index contributed by atoms with van der Waals surface area (Å²) in [4.78, 5) is 28.8. The standard InChI is InChI=1S/C33H29ClN4O4S/c1-21-6-3-4-8-27(21)32-30-31(22-9-11-23(34)12-10-22)36-38(24-13-15-25(41-2)16-14-24)33(30)37(29(40)20-43-32)19-28(39)35-18-26-7-5-17-42-26/h3-17,32H,18-20H2,1-2H3,(H,35,39). The second-order valence-corrected chi connectivity index (χ2v) is 11.6. The molecule has 218 valence electrons. The molecule has 1 N–H and O–H groups in total. The first kappa shape index (κ1) is 28.6. The first-order chi connectivity index (χ1) is 20.9. The van der Waals surface area contributed by atoms with Crippen molar-refractivity contribution in [3.63, 3.8) is 0 Å². The van der Waals surface area contributed by atoms with Crippen molar-refractivity contribution in [1.29, 1.82) is 0 Å². The molecule has 43 heavy (non-hydrogen) atoms. The number of hydrogen-bond donors (Lipinski definition) is 1. The summed E-state index contributed by atoms with van der Waals surface area (Å²) in [5.41, 5.74) is 5.31. The zero-order chi connectivity index (χ0) is 29.9. The average molecular weight is 613 g/mol. The molecule has 6 rings (SSSR count). The number of amides is 2. The molecule has 0 saturated carbocycles. The number of aromatic nitrogens is 2. The van der Waals surface area contributed by atoms with Gasteiger partial charge in [-0.05, 0) is 66.6 Å². The molecule has 0 radical (unpaired) electrons. The topological polar surface area (TPSA) is 89.6 Å². The van der Waals surface area contributed by atoms with Crippen LogP contribution in [0.3, 0.4) is 0 Å². The summed E-state index contributed by atoms with van der Waals surface area (Å²) >= 11 is 7.80. The van der Waals surface area contributed by atoms with Gasteiger partial charge < -0.3 is 14.5 Å². The predicted octanol–water partition coefficient (Wildman–Crippen LogP) is 6.59. The van der Waals surface area contributed by atoms with Crippen LogP contribution in [0.4, 0.5) is 5.82 Å². The smallest absolute Gasteiger partial charge is 0.240 e. The van der Waals surface area contributed by atoms with Crippen LogP contribution in [-0.4, -0.2) is 41.0 Å². The highest BCUT2D eigenvalue weighted by atomic mass is 35.5. The van der Waals surface area contributed by atoms with E-state index in [4.69, 9.17) is 25.9 Å². The number of benzene rings is 3. The van der Waals surface area contributed by atoms with Crippen LogP contribution < -0.4 is 15.0 Å². The molecule has 8 nitrogen and oxygen atoms in total. The number of nitrogens with zero attached hydrogens (tertiary/aromatic N) is 3. The third-order valence-corrected chi connectivity index (χ3v) is 8.82. The first-order valence-corrected chi connectivity index (χ1v) is 15.2. The number of carbonyl (C=O) groups excluding carboxylic acids is 2. The number of methoxy groups -OCH3 is 1. The van der Waals surface area contributed by atoms with Crippen molar-refractivity contribution in [2.45, 2.75) is 18.7 Å². The summed E-state index contributed by atoms with van der Waals surface area (Å²) in [6, 6.07) is 26.7. The summed E-state index contributed by atoms with van der Waals surface area (Å²) in [6.45, 7) is 2.10. The number of hydrogen-bond acceptors (Lipinski definition) is 6. The lowest BCUT2D eigenvalue weighted by molar-refractivity contribution is -0.123. The molecule has 1 aliphatic heterocycles. The lowest BCUT2D eigenvalue weighted by atomic mass is 9.97. The molecule has 1 unspecified atom stereocenters. The molecule has 0 spiro atoms. The number of carbonyl (C=O) groups is 2. The van der Waals surface area contributed by atoms with Gasteiger partial charge in [0.2, 0.25) is 11.8 Å². The van der Waals surface area contributed by atoms with E-state index >= 15 is 0 Å². The van der Waals surface area contributed by atoms with E-state index in [1.54, 1.807) is 35.1 Å². The fourth-order valence-corrected chi connectivity index (χ4v) is 6.59. The van der Waals surface area contributed by atoms with Gasteiger partial charge in [0.05, 0.1) is 42.3 Å². The van der Waals surface area contributed by atoms with Crippen molar-refractivity contribution in [3.05, 3.63) is 119 Å². The lowest BCUT2D eigenvalue weighted by Gasteiger charge is -2.23. The molecule has 10 heteroatoms. The highest BCUT2D eigenvalue weighted by Gasteiger charge is 2.38. The Morgan fingerprint density at radius 2 is 1.84 bits per heavy atom. The fourth-order valence-electron chi connectivity index (χ4n) is 5.17. The molecule has 2 aromatic heterocycles.